The first-order chi connectivity index (χ1) is 14.7. The molecule has 0 heterocycles. The van der Waals surface area contributed by atoms with Gasteiger partial charge in [0.15, 0.2) is 0 Å². The Morgan fingerprint density at radius 3 is 2.55 bits per heavy atom. The number of phenolic OH excluding ortho intramolecular Hbond substituents is 1. The monoisotopic (exact) mass is 438 g/mol. The summed E-state index contributed by atoms with van der Waals surface area (Å²) in [7, 11) is 1.44. The molecule has 0 unspecified atom stereocenters. The van der Waals surface area contributed by atoms with E-state index < -0.39 is 17.8 Å². The summed E-state index contributed by atoms with van der Waals surface area (Å²) in [5.41, 5.74) is 0.0393. The largest absolute Gasteiger partial charge is 0.507 e. The Labute approximate surface area is 178 Å². The number of nitrogens with one attached hydrogen (secondary N) is 1. The topological polar surface area (TPSA) is 78.9 Å². The van der Waals surface area contributed by atoms with Crippen molar-refractivity contribution in [2.45, 2.75) is 32.5 Å². The average Bonchev–Trinajstić information content (AvgIpc) is 2.73. The van der Waals surface area contributed by atoms with Gasteiger partial charge in [-0.05, 0) is 41.8 Å². The molecule has 0 fully saturated rings. The third-order valence-electron chi connectivity index (χ3n) is 4.53. The fourth-order valence-electron chi connectivity index (χ4n) is 2.83. The number of amides is 2. The van der Waals surface area contributed by atoms with E-state index in [0.29, 0.717) is 17.5 Å². The predicted octanol–water partition coefficient (Wildman–Crippen LogP) is 4.56. The van der Waals surface area contributed by atoms with Gasteiger partial charge in [-0.2, -0.15) is 13.2 Å². The highest BCUT2D eigenvalue weighted by Crippen LogP contribution is 2.36. The fraction of sp³-hybridized carbons (Fsp3) is 0.364. The quantitative estimate of drug-likeness (QED) is 0.592. The Balaban J connectivity index is 2.30. The van der Waals surface area contributed by atoms with Crippen LogP contribution in [-0.4, -0.2) is 42.2 Å². The number of rotatable bonds is 8. The van der Waals surface area contributed by atoms with Crippen LogP contribution in [0.25, 0.3) is 11.1 Å². The van der Waals surface area contributed by atoms with Gasteiger partial charge in [-0.3, -0.25) is 9.69 Å². The number of carbonyl (C=O) groups excluding carboxylic acids is 2. The number of hydrogen-bond donors (Lipinski definition) is 2. The van der Waals surface area contributed by atoms with Crippen LogP contribution >= 0.6 is 0 Å². The molecule has 0 spiro atoms. The molecule has 0 atom stereocenters. The van der Waals surface area contributed by atoms with Gasteiger partial charge in [-0.1, -0.05) is 31.5 Å². The lowest BCUT2D eigenvalue weighted by molar-refractivity contribution is -0.137. The number of carbonyl (C=O) groups is 2. The van der Waals surface area contributed by atoms with Gasteiger partial charge in [0.2, 0.25) is 5.91 Å². The second-order valence-electron chi connectivity index (χ2n) is 6.93. The second kappa shape index (κ2) is 10.7. The van der Waals surface area contributed by atoms with Crippen molar-refractivity contribution in [1.82, 2.24) is 10.2 Å². The molecule has 0 aliphatic rings. The molecule has 6 nitrogen and oxygen atoms in total. The van der Waals surface area contributed by atoms with Crippen molar-refractivity contribution in [3.63, 3.8) is 0 Å². The molecule has 2 rings (SSSR count). The lowest BCUT2D eigenvalue weighted by Gasteiger charge is -2.22. The molecule has 0 bridgehead atoms. The maximum absolute atomic E-state index is 13.1. The van der Waals surface area contributed by atoms with E-state index in [1.54, 1.807) is 24.3 Å². The summed E-state index contributed by atoms with van der Waals surface area (Å²) in [4.78, 5) is 25.4. The lowest BCUT2D eigenvalue weighted by Crippen LogP contribution is -2.39. The Bertz CT molecular complexity index is 916. The smallest absolute Gasteiger partial charge is 0.416 e. The third-order valence-corrected chi connectivity index (χ3v) is 4.53. The predicted molar refractivity (Wildman–Crippen MR) is 109 cm³/mol. The summed E-state index contributed by atoms with van der Waals surface area (Å²) in [5.74, 6) is -0.689. The van der Waals surface area contributed by atoms with Gasteiger partial charge < -0.3 is 15.2 Å². The van der Waals surface area contributed by atoms with E-state index in [9.17, 15) is 27.9 Å². The second-order valence-corrected chi connectivity index (χ2v) is 6.93. The summed E-state index contributed by atoms with van der Waals surface area (Å²) in [6.45, 7) is 1.94. The Morgan fingerprint density at radius 1 is 1.16 bits per heavy atom. The molecule has 0 saturated carbocycles. The van der Waals surface area contributed by atoms with Gasteiger partial charge in [0.25, 0.3) is 0 Å². The van der Waals surface area contributed by atoms with Crippen LogP contribution < -0.4 is 5.32 Å². The number of nitrogens with zero attached hydrogens (tertiary/aromatic N) is 1. The minimum atomic E-state index is -4.55. The molecule has 2 aromatic rings. The minimum absolute atomic E-state index is 0.00589. The van der Waals surface area contributed by atoms with Crippen LogP contribution in [0.1, 0.15) is 30.9 Å². The van der Waals surface area contributed by atoms with Gasteiger partial charge in [0.05, 0.1) is 12.2 Å². The molecule has 2 N–H and O–H groups in total. The van der Waals surface area contributed by atoms with Crippen LogP contribution in [-0.2, 0) is 22.3 Å². The zero-order chi connectivity index (χ0) is 23.0. The first kappa shape index (κ1) is 24.0. The molecule has 2 aromatic carbocycles. The number of aromatic hydroxyl groups is 1. The van der Waals surface area contributed by atoms with Crippen LogP contribution in [0.2, 0.25) is 0 Å². The lowest BCUT2D eigenvalue weighted by atomic mass is 9.99. The van der Waals surface area contributed by atoms with E-state index in [0.717, 1.165) is 24.6 Å². The molecule has 0 saturated heterocycles. The number of halogens is 3. The van der Waals surface area contributed by atoms with Crippen molar-refractivity contribution in [2.24, 2.45) is 0 Å². The first-order valence-electron chi connectivity index (χ1n) is 9.77. The highest BCUT2D eigenvalue weighted by atomic mass is 19.4. The summed E-state index contributed by atoms with van der Waals surface area (Å²) in [5, 5.41) is 12.5. The van der Waals surface area contributed by atoms with Crippen LogP contribution in [0.5, 0.6) is 5.75 Å². The van der Waals surface area contributed by atoms with Crippen molar-refractivity contribution < 1.29 is 32.6 Å². The Morgan fingerprint density at radius 2 is 1.90 bits per heavy atom. The van der Waals surface area contributed by atoms with Crippen LogP contribution in [0, 0.1) is 0 Å². The highest BCUT2D eigenvalue weighted by Gasteiger charge is 2.31. The molecular weight excluding hydrogens is 413 g/mol. The highest BCUT2D eigenvalue weighted by molar-refractivity contribution is 5.82. The van der Waals surface area contributed by atoms with E-state index in [1.165, 1.54) is 11.9 Å². The summed E-state index contributed by atoms with van der Waals surface area (Å²) in [6.07, 6.45) is -3.69. The standard InChI is InChI=1S/C22H25F3N2O4/c1-3-4-10-31-21(30)27(14-20(29)26-2)13-15-6-5-7-16(11-15)18-12-17(22(23,24)25)8-9-19(18)28/h5-9,11-12,28H,3-4,10,13-14H2,1-2H3,(H,26,29). The van der Waals surface area contributed by atoms with Crippen molar-refractivity contribution in [1.29, 1.82) is 0 Å². The average molecular weight is 438 g/mol. The van der Waals surface area contributed by atoms with Gasteiger partial charge in [0.1, 0.15) is 12.3 Å². The molecular formula is C22H25F3N2O4. The zero-order valence-electron chi connectivity index (χ0n) is 17.3. The molecule has 0 radical (unpaired) electrons. The zero-order valence-corrected chi connectivity index (χ0v) is 17.3. The molecule has 9 heteroatoms. The van der Waals surface area contributed by atoms with Gasteiger partial charge in [-0.15, -0.1) is 0 Å². The van der Waals surface area contributed by atoms with E-state index in [1.807, 2.05) is 6.92 Å². The molecule has 31 heavy (non-hydrogen) atoms. The number of benzene rings is 2. The van der Waals surface area contributed by atoms with Gasteiger partial charge in [0, 0.05) is 19.2 Å². The van der Waals surface area contributed by atoms with Crippen molar-refractivity contribution in [3.05, 3.63) is 53.6 Å². The SMILES string of the molecule is CCCCOC(=O)N(CC(=O)NC)Cc1cccc(-c2cc(C(F)(F)F)ccc2O)c1. The third kappa shape index (κ3) is 6.91. The van der Waals surface area contributed by atoms with Crippen molar-refractivity contribution in [2.75, 3.05) is 20.2 Å². The summed E-state index contributed by atoms with van der Waals surface area (Å²) >= 11 is 0. The minimum Gasteiger partial charge on any atom is -0.507 e. The Hall–Kier alpha value is -3.23. The van der Waals surface area contributed by atoms with Crippen LogP contribution in [0.4, 0.5) is 18.0 Å². The van der Waals surface area contributed by atoms with Gasteiger partial charge in [-0.25, -0.2) is 4.79 Å². The molecule has 168 valence electrons. The van der Waals surface area contributed by atoms with Crippen LogP contribution in [0.3, 0.4) is 0 Å². The summed E-state index contributed by atoms with van der Waals surface area (Å²) < 4.78 is 44.4. The van der Waals surface area contributed by atoms with E-state index in [-0.39, 0.29) is 36.9 Å². The first-order valence-corrected chi connectivity index (χ1v) is 9.77. The number of hydrogen-bond acceptors (Lipinski definition) is 4. The maximum Gasteiger partial charge on any atom is 0.416 e. The summed E-state index contributed by atoms with van der Waals surface area (Å²) in [6, 6.07) is 9.06. The van der Waals surface area contributed by atoms with E-state index in [2.05, 4.69) is 5.32 Å². The fourth-order valence-corrected chi connectivity index (χ4v) is 2.83. The molecule has 2 amide bonds. The van der Waals surface area contributed by atoms with Crippen molar-refractivity contribution in [3.8, 4) is 16.9 Å². The molecule has 0 aliphatic carbocycles. The normalized spacial score (nSPS) is 11.1. The number of phenols is 1. The number of ether oxygens (including phenoxy) is 1. The number of unbranched alkanes of at least 4 members (excludes halogenated alkanes) is 1. The maximum atomic E-state index is 13.1. The van der Waals surface area contributed by atoms with Crippen molar-refractivity contribution >= 4 is 12.0 Å². The van der Waals surface area contributed by atoms with Crippen LogP contribution in [0.15, 0.2) is 42.5 Å². The molecule has 0 aliphatic heterocycles. The van der Waals surface area contributed by atoms with E-state index in [4.69, 9.17) is 4.74 Å². The number of alkyl halides is 3. The molecule has 0 aromatic heterocycles. The number of likely N-dealkylation sites (N-methyl/N-ethyl adjacent to an activating group) is 1. The Kier molecular flexibility index (Phi) is 8.30. The van der Waals surface area contributed by atoms with Gasteiger partial charge >= 0.3 is 12.3 Å². The van der Waals surface area contributed by atoms with E-state index >= 15 is 0 Å².